The van der Waals surface area contributed by atoms with E-state index in [1.165, 1.54) is 6.42 Å². The van der Waals surface area contributed by atoms with Crippen LogP contribution in [0.2, 0.25) is 5.02 Å². The Bertz CT molecular complexity index is 525. The van der Waals surface area contributed by atoms with E-state index in [2.05, 4.69) is 5.32 Å². The molecular weight excluding hydrogens is 302 g/mol. The number of carbonyl (C=O) groups excluding carboxylic acids is 1. The fourth-order valence-corrected chi connectivity index (χ4v) is 2.53. The number of halogens is 1. The minimum atomic E-state index is -0.866. The van der Waals surface area contributed by atoms with Crippen molar-refractivity contribution in [2.45, 2.75) is 57.7 Å². The van der Waals surface area contributed by atoms with Gasteiger partial charge in [0.25, 0.3) is 5.91 Å². The van der Waals surface area contributed by atoms with E-state index in [9.17, 15) is 9.90 Å². The average molecular weight is 326 g/mol. The van der Waals surface area contributed by atoms with Crippen LogP contribution < -0.4 is 10.1 Å². The van der Waals surface area contributed by atoms with Crippen LogP contribution in [0.4, 0.5) is 0 Å². The number of rotatable bonds is 7. The molecule has 22 heavy (non-hydrogen) atoms. The summed E-state index contributed by atoms with van der Waals surface area (Å²) in [5.41, 5.74) is -0.465. The highest BCUT2D eigenvalue weighted by atomic mass is 35.5. The molecule has 122 valence electrons. The Morgan fingerprint density at radius 3 is 2.59 bits per heavy atom. The lowest BCUT2D eigenvalue weighted by Gasteiger charge is -2.27. The molecule has 1 aliphatic carbocycles. The van der Waals surface area contributed by atoms with Gasteiger partial charge >= 0.3 is 0 Å². The zero-order valence-corrected chi connectivity index (χ0v) is 13.9. The first kappa shape index (κ1) is 17.1. The van der Waals surface area contributed by atoms with E-state index in [4.69, 9.17) is 16.3 Å². The molecule has 1 aromatic carbocycles. The van der Waals surface area contributed by atoms with Crippen LogP contribution in [-0.2, 0) is 0 Å². The molecule has 0 spiro atoms. The molecule has 0 bridgehead atoms. The summed E-state index contributed by atoms with van der Waals surface area (Å²) < 4.78 is 5.76. The average Bonchev–Trinajstić information content (AvgIpc) is 2.48. The predicted octanol–water partition coefficient (Wildman–Crippen LogP) is 3.55. The van der Waals surface area contributed by atoms with Crippen molar-refractivity contribution < 1.29 is 14.6 Å². The Hall–Kier alpha value is -1.26. The van der Waals surface area contributed by atoms with Gasteiger partial charge in [0.15, 0.2) is 0 Å². The Morgan fingerprint density at radius 1 is 1.41 bits per heavy atom. The molecule has 0 unspecified atom stereocenters. The van der Waals surface area contributed by atoms with Crippen LogP contribution in [0.1, 0.15) is 56.3 Å². The quantitative estimate of drug-likeness (QED) is 0.806. The van der Waals surface area contributed by atoms with Crippen molar-refractivity contribution in [1.82, 2.24) is 5.32 Å². The summed E-state index contributed by atoms with van der Waals surface area (Å²) in [6.45, 7) is 4.01. The molecule has 1 aliphatic rings. The molecule has 0 saturated heterocycles. The van der Waals surface area contributed by atoms with E-state index in [1.807, 2.05) is 13.8 Å². The van der Waals surface area contributed by atoms with Crippen molar-refractivity contribution in [3.63, 3.8) is 0 Å². The minimum Gasteiger partial charge on any atom is -0.490 e. The maximum atomic E-state index is 12.2. The smallest absolute Gasteiger partial charge is 0.252 e. The van der Waals surface area contributed by atoms with Gasteiger partial charge in [-0.2, -0.15) is 0 Å². The molecule has 0 heterocycles. The van der Waals surface area contributed by atoms with Crippen LogP contribution in [0.3, 0.4) is 0 Å². The molecule has 0 aromatic heterocycles. The third kappa shape index (κ3) is 4.14. The number of benzene rings is 1. The van der Waals surface area contributed by atoms with E-state index < -0.39 is 5.60 Å². The molecule has 1 fully saturated rings. The SMILES string of the molecule is CCC(O)(CC)CNC(=O)c1ccc(OC2CCC2)cc1Cl. The van der Waals surface area contributed by atoms with Gasteiger partial charge in [0.05, 0.1) is 22.3 Å². The van der Waals surface area contributed by atoms with E-state index >= 15 is 0 Å². The highest BCUT2D eigenvalue weighted by molar-refractivity contribution is 6.34. The van der Waals surface area contributed by atoms with E-state index in [1.54, 1.807) is 18.2 Å². The van der Waals surface area contributed by atoms with Crippen LogP contribution in [0, 0.1) is 0 Å². The Morgan fingerprint density at radius 2 is 2.09 bits per heavy atom. The molecule has 0 aliphatic heterocycles. The lowest BCUT2D eigenvalue weighted by Crippen LogP contribution is -2.42. The first-order valence-electron chi connectivity index (χ1n) is 7.94. The van der Waals surface area contributed by atoms with E-state index in [0.717, 1.165) is 12.8 Å². The van der Waals surface area contributed by atoms with Crippen LogP contribution >= 0.6 is 11.6 Å². The third-order valence-electron chi connectivity index (χ3n) is 4.43. The second kappa shape index (κ2) is 7.34. The Balaban J connectivity index is 1.97. The van der Waals surface area contributed by atoms with Gasteiger partial charge in [-0.25, -0.2) is 0 Å². The Labute approximate surface area is 136 Å². The van der Waals surface area contributed by atoms with Crippen molar-refractivity contribution in [1.29, 1.82) is 0 Å². The van der Waals surface area contributed by atoms with Crippen LogP contribution in [0.15, 0.2) is 18.2 Å². The largest absolute Gasteiger partial charge is 0.490 e. The molecule has 1 saturated carbocycles. The van der Waals surface area contributed by atoms with Gasteiger partial charge in [0.1, 0.15) is 5.75 Å². The zero-order valence-electron chi connectivity index (χ0n) is 13.2. The third-order valence-corrected chi connectivity index (χ3v) is 4.75. The van der Waals surface area contributed by atoms with Gasteiger partial charge in [-0.15, -0.1) is 0 Å². The summed E-state index contributed by atoms with van der Waals surface area (Å²) in [7, 11) is 0. The van der Waals surface area contributed by atoms with Crippen LogP contribution in [0.5, 0.6) is 5.75 Å². The molecule has 2 N–H and O–H groups in total. The van der Waals surface area contributed by atoms with Gasteiger partial charge in [-0.3, -0.25) is 4.79 Å². The lowest BCUT2D eigenvalue weighted by molar-refractivity contribution is 0.0314. The van der Waals surface area contributed by atoms with Crippen molar-refractivity contribution in [2.24, 2.45) is 0 Å². The van der Waals surface area contributed by atoms with Crippen molar-refractivity contribution in [2.75, 3.05) is 6.54 Å². The van der Waals surface area contributed by atoms with Crippen molar-refractivity contribution in [3.8, 4) is 5.75 Å². The highest BCUT2D eigenvalue weighted by Gasteiger charge is 2.24. The lowest BCUT2D eigenvalue weighted by atomic mass is 9.96. The molecule has 0 radical (unpaired) electrons. The fraction of sp³-hybridized carbons (Fsp3) is 0.588. The number of ether oxygens (including phenoxy) is 1. The minimum absolute atomic E-state index is 0.218. The monoisotopic (exact) mass is 325 g/mol. The highest BCUT2D eigenvalue weighted by Crippen LogP contribution is 2.28. The number of hydrogen-bond donors (Lipinski definition) is 2. The van der Waals surface area contributed by atoms with Gasteiger partial charge in [0.2, 0.25) is 0 Å². The van der Waals surface area contributed by atoms with Gasteiger partial charge in [-0.05, 0) is 50.3 Å². The van der Waals surface area contributed by atoms with Gasteiger partial charge < -0.3 is 15.2 Å². The fourth-order valence-electron chi connectivity index (χ4n) is 2.27. The topological polar surface area (TPSA) is 58.6 Å². The molecule has 4 nitrogen and oxygen atoms in total. The first-order chi connectivity index (χ1) is 10.5. The molecular formula is C17H24ClNO3. The summed E-state index contributed by atoms with van der Waals surface area (Å²) in [5, 5.41) is 13.3. The normalized spacial score (nSPS) is 15.3. The van der Waals surface area contributed by atoms with Crippen molar-refractivity contribution in [3.05, 3.63) is 28.8 Å². The molecule has 2 rings (SSSR count). The number of carbonyl (C=O) groups is 1. The summed E-state index contributed by atoms with van der Waals surface area (Å²) >= 11 is 6.18. The number of aliphatic hydroxyl groups is 1. The molecule has 5 heteroatoms. The molecule has 0 atom stereocenters. The zero-order chi connectivity index (χ0) is 16.2. The maximum Gasteiger partial charge on any atom is 0.252 e. The summed E-state index contributed by atoms with van der Waals surface area (Å²) in [5.74, 6) is 0.422. The summed E-state index contributed by atoms with van der Waals surface area (Å²) in [4.78, 5) is 12.2. The van der Waals surface area contributed by atoms with Crippen molar-refractivity contribution >= 4 is 17.5 Å². The van der Waals surface area contributed by atoms with E-state index in [-0.39, 0.29) is 18.6 Å². The summed E-state index contributed by atoms with van der Waals surface area (Å²) in [6.07, 6.45) is 4.81. The molecule has 1 amide bonds. The van der Waals surface area contributed by atoms with Crippen LogP contribution in [-0.4, -0.2) is 29.3 Å². The van der Waals surface area contributed by atoms with E-state index in [0.29, 0.717) is 29.2 Å². The second-order valence-electron chi connectivity index (χ2n) is 5.93. The number of nitrogens with one attached hydrogen (secondary N) is 1. The second-order valence-corrected chi connectivity index (χ2v) is 6.33. The predicted molar refractivity (Wildman–Crippen MR) is 87.6 cm³/mol. The first-order valence-corrected chi connectivity index (χ1v) is 8.32. The van der Waals surface area contributed by atoms with Gasteiger partial charge in [-0.1, -0.05) is 25.4 Å². The Kier molecular flexibility index (Phi) is 5.70. The standard InChI is InChI=1S/C17H24ClNO3/c1-3-17(21,4-2)11-19-16(20)14-9-8-13(10-15(14)18)22-12-6-5-7-12/h8-10,12,21H,3-7,11H2,1-2H3,(H,19,20). The van der Waals surface area contributed by atoms with Crippen LogP contribution in [0.25, 0.3) is 0 Å². The number of hydrogen-bond acceptors (Lipinski definition) is 3. The summed E-state index contributed by atoms with van der Waals surface area (Å²) in [6, 6.07) is 5.12. The van der Waals surface area contributed by atoms with Gasteiger partial charge in [0, 0.05) is 6.54 Å². The molecule has 1 aromatic rings. The maximum absolute atomic E-state index is 12.2. The number of amides is 1.